The Hall–Kier alpha value is -4.21. The predicted molar refractivity (Wildman–Crippen MR) is 155 cm³/mol. The second-order valence-corrected chi connectivity index (χ2v) is 11.0. The van der Waals surface area contributed by atoms with Crippen LogP contribution in [0.25, 0.3) is 10.9 Å². The van der Waals surface area contributed by atoms with E-state index in [1.54, 1.807) is 24.3 Å². The van der Waals surface area contributed by atoms with Gasteiger partial charge in [-0.3, -0.25) is 19.2 Å². The van der Waals surface area contributed by atoms with E-state index in [4.69, 9.17) is 0 Å². The van der Waals surface area contributed by atoms with Crippen LogP contribution in [0.1, 0.15) is 57.6 Å². The molecule has 2 amide bonds. The van der Waals surface area contributed by atoms with E-state index in [1.807, 2.05) is 44.2 Å². The van der Waals surface area contributed by atoms with Gasteiger partial charge in [0, 0.05) is 13.0 Å². The van der Waals surface area contributed by atoms with E-state index >= 15 is 0 Å². The smallest absolute Gasteiger partial charge is 0.329 e. The highest BCUT2D eigenvalue weighted by molar-refractivity contribution is 5.89. The number of H-pyrrole nitrogens is 1. The minimum Gasteiger partial charge on any atom is -0.481 e. The summed E-state index contributed by atoms with van der Waals surface area (Å²) >= 11 is 0. The SMILES string of the molecule is CCC(C)[C@H](NC(=O)[C@H](Cc1ccccc1)n1c(=O)[nH]c2ccccc2c1=O)C(=O)NCC1CCC(C(=O)O)CC1. The van der Waals surface area contributed by atoms with Crippen LogP contribution in [0.3, 0.4) is 0 Å². The van der Waals surface area contributed by atoms with Crippen molar-refractivity contribution >= 4 is 28.7 Å². The first-order chi connectivity index (χ1) is 19.7. The summed E-state index contributed by atoms with van der Waals surface area (Å²) < 4.78 is 0.942. The molecule has 1 heterocycles. The van der Waals surface area contributed by atoms with Crippen LogP contribution in [-0.4, -0.2) is 45.0 Å². The van der Waals surface area contributed by atoms with Gasteiger partial charge in [0.25, 0.3) is 5.56 Å². The molecule has 0 bridgehead atoms. The van der Waals surface area contributed by atoms with Crippen LogP contribution in [0.4, 0.5) is 0 Å². The Bertz CT molecular complexity index is 1490. The minimum atomic E-state index is -1.19. The van der Waals surface area contributed by atoms with Crippen molar-refractivity contribution in [1.29, 1.82) is 0 Å². The Balaban J connectivity index is 1.57. The average molecular weight is 563 g/mol. The van der Waals surface area contributed by atoms with Crippen LogP contribution in [0.5, 0.6) is 0 Å². The Labute approximate surface area is 238 Å². The molecule has 3 atom stereocenters. The molecule has 41 heavy (non-hydrogen) atoms. The molecule has 2 aromatic carbocycles. The van der Waals surface area contributed by atoms with E-state index in [1.165, 1.54) is 0 Å². The fraction of sp³-hybridized carbons (Fsp3) is 0.452. The minimum absolute atomic E-state index is 0.0790. The molecule has 4 rings (SSSR count). The number of amides is 2. The number of benzene rings is 2. The number of nitrogens with one attached hydrogen (secondary N) is 3. The highest BCUT2D eigenvalue weighted by Crippen LogP contribution is 2.28. The number of carbonyl (C=O) groups excluding carboxylic acids is 2. The van der Waals surface area contributed by atoms with E-state index in [0.29, 0.717) is 44.2 Å². The monoisotopic (exact) mass is 562 g/mol. The molecular weight excluding hydrogens is 524 g/mol. The Morgan fingerprint density at radius 2 is 1.63 bits per heavy atom. The average Bonchev–Trinajstić information content (AvgIpc) is 2.98. The van der Waals surface area contributed by atoms with Crippen molar-refractivity contribution in [3.8, 4) is 0 Å². The van der Waals surface area contributed by atoms with Crippen molar-refractivity contribution in [1.82, 2.24) is 20.2 Å². The van der Waals surface area contributed by atoms with Gasteiger partial charge >= 0.3 is 11.7 Å². The quantitative estimate of drug-likeness (QED) is 0.282. The molecule has 1 aliphatic rings. The number of nitrogens with zero attached hydrogens (tertiary/aromatic N) is 1. The fourth-order valence-electron chi connectivity index (χ4n) is 5.52. The molecule has 218 valence electrons. The van der Waals surface area contributed by atoms with Gasteiger partial charge < -0.3 is 20.7 Å². The molecule has 1 aliphatic carbocycles. The third-order valence-electron chi connectivity index (χ3n) is 8.28. The van der Waals surface area contributed by atoms with Crippen LogP contribution < -0.4 is 21.9 Å². The van der Waals surface area contributed by atoms with Gasteiger partial charge in [0.05, 0.1) is 16.8 Å². The molecule has 3 aromatic rings. The van der Waals surface area contributed by atoms with Gasteiger partial charge in [-0.25, -0.2) is 9.36 Å². The molecule has 10 nitrogen and oxygen atoms in total. The maximum atomic E-state index is 13.9. The molecule has 0 radical (unpaired) electrons. The number of fused-ring (bicyclic) bond motifs is 1. The normalized spacial score (nSPS) is 19.2. The van der Waals surface area contributed by atoms with Gasteiger partial charge in [-0.15, -0.1) is 0 Å². The third-order valence-corrected chi connectivity index (χ3v) is 8.28. The Morgan fingerprint density at radius 3 is 2.29 bits per heavy atom. The number of carboxylic acid groups (broad SMARTS) is 1. The zero-order valence-electron chi connectivity index (χ0n) is 23.5. The summed E-state index contributed by atoms with van der Waals surface area (Å²) in [7, 11) is 0. The second kappa shape index (κ2) is 13.4. The lowest BCUT2D eigenvalue weighted by Crippen LogP contribution is -2.54. The number of aromatic nitrogens is 2. The molecule has 0 spiro atoms. The molecule has 1 fully saturated rings. The van der Waals surface area contributed by atoms with Gasteiger partial charge in [0.2, 0.25) is 11.8 Å². The summed E-state index contributed by atoms with van der Waals surface area (Å²) in [5, 5.41) is 15.3. The standard InChI is InChI=1S/C31H38N4O6/c1-3-19(2)26(28(37)32-18-21-13-15-22(16-14-21)30(39)40)34-27(36)25(17-20-9-5-4-6-10-20)35-29(38)23-11-7-8-12-24(23)33-31(35)41/h4-12,19,21-22,25-26H,3,13-18H2,1-2H3,(H,32,37)(H,33,41)(H,34,36)(H,39,40)/t19?,21?,22?,25-,26-/m0/s1. The molecule has 4 N–H and O–H groups in total. The first kappa shape index (κ1) is 29.8. The lowest BCUT2D eigenvalue weighted by molar-refractivity contribution is -0.143. The lowest BCUT2D eigenvalue weighted by Gasteiger charge is -2.29. The Morgan fingerprint density at radius 1 is 0.976 bits per heavy atom. The fourth-order valence-corrected chi connectivity index (χ4v) is 5.52. The molecular formula is C31H38N4O6. The topological polar surface area (TPSA) is 150 Å². The molecule has 1 unspecified atom stereocenters. The van der Waals surface area contributed by atoms with Crippen LogP contribution >= 0.6 is 0 Å². The lowest BCUT2D eigenvalue weighted by atomic mass is 9.82. The third kappa shape index (κ3) is 7.11. The molecule has 10 heteroatoms. The van der Waals surface area contributed by atoms with Gasteiger partial charge in [-0.05, 0) is 55.2 Å². The highest BCUT2D eigenvalue weighted by atomic mass is 16.4. The summed E-state index contributed by atoms with van der Waals surface area (Å²) in [6, 6.07) is 13.7. The number of carbonyl (C=O) groups is 3. The number of aliphatic carboxylic acids is 1. The van der Waals surface area contributed by atoms with E-state index in [-0.39, 0.29) is 35.5 Å². The molecule has 0 saturated heterocycles. The van der Waals surface area contributed by atoms with Crippen molar-refractivity contribution < 1.29 is 19.5 Å². The van der Waals surface area contributed by atoms with Crippen molar-refractivity contribution in [3.63, 3.8) is 0 Å². The highest BCUT2D eigenvalue weighted by Gasteiger charge is 2.33. The first-order valence-electron chi connectivity index (χ1n) is 14.3. The number of hydrogen-bond donors (Lipinski definition) is 4. The summed E-state index contributed by atoms with van der Waals surface area (Å²) in [4.78, 5) is 67.8. The molecule has 1 aromatic heterocycles. The van der Waals surface area contributed by atoms with E-state index in [2.05, 4.69) is 15.6 Å². The van der Waals surface area contributed by atoms with Crippen molar-refractivity contribution in [2.75, 3.05) is 6.54 Å². The second-order valence-electron chi connectivity index (χ2n) is 11.0. The number of rotatable bonds is 11. The van der Waals surface area contributed by atoms with Crippen LogP contribution in [0.15, 0.2) is 64.2 Å². The van der Waals surface area contributed by atoms with Gasteiger partial charge in [0.1, 0.15) is 12.1 Å². The van der Waals surface area contributed by atoms with Gasteiger partial charge in [0.15, 0.2) is 0 Å². The van der Waals surface area contributed by atoms with Crippen LogP contribution in [0.2, 0.25) is 0 Å². The zero-order valence-corrected chi connectivity index (χ0v) is 23.5. The largest absolute Gasteiger partial charge is 0.481 e. The summed E-state index contributed by atoms with van der Waals surface area (Å²) in [6.07, 6.45) is 3.28. The zero-order chi connectivity index (χ0) is 29.5. The number of hydrogen-bond acceptors (Lipinski definition) is 5. The number of para-hydroxylation sites is 1. The number of aromatic amines is 1. The molecule has 1 saturated carbocycles. The Kier molecular flexibility index (Phi) is 9.75. The van der Waals surface area contributed by atoms with Crippen LogP contribution in [-0.2, 0) is 20.8 Å². The summed E-state index contributed by atoms with van der Waals surface area (Å²) in [5.41, 5.74) is -0.145. The number of carboxylic acids is 1. The van der Waals surface area contributed by atoms with Crippen molar-refractivity contribution in [3.05, 3.63) is 81.0 Å². The maximum Gasteiger partial charge on any atom is 0.329 e. The van der Waals surface area contributed by atoms with Gasteiger partial charge in [-0.1, -0.05) is 62.7 Å². The van der Waals surface area contributed by atoms with E-state index < -0.39 is 35.2 Å². The summed E-state index contributed by atoms with van der Waals surface area (Å²) in [6.45, 7) is 4.18. The van der Waals surface area contributed by atoms with Crippen molar-refractivity contribution in [2.45, 2.75) is 64.5 Å². The predicted octanol–water partition coefficient (Wildman–Crippen LogP) is 3.01. The van der Waals surface area contributed by atoms with Gasteiger partial charge in [-0.2, -0.15) is 0 Å². The van der Waals surface area contributed by atoms with Crippen molar-refractivity contribution in [2.24, 2.45) is 17.8 Å². The van der Waals surface area contributed by atoms with E-state index in [9.17, 15) is 29.1 Å². The maximum absolute atomic E-state index is 13.9. The van der Waals surface area contributed by atoms with Crippen LogP contribution in [0, 0.1) is 17.8 Å². The summed E-state index contributed by atoms with van der Waals surface area (Å²) in [5.74, 6) is -2.10. The first-order valence-corrected chi connectivity index (χ1v) is 14.3. The van der Waals surface area contributed by atoms with E-state index in [0.717, 1.165) is 10.1 Å². The molecule has 0 aliphatic heterocycles.